The summed E-state index contributed by atoms with van der Waals surface area (Å²) < 4.78 is 27.1. The maximum atomic E-state index is 12.3. The molecule has 0 aliphatic carbocycles. The minimum Gasteiger partial charge on any atom is -0.355 e. The van der Waals surface area contributed by atoms with Crippen LogP contribution in [-0.4, -0.2) is 59.0 Å². The largest absolute Gasteiger partial charge is 0.355 e. The Hall–Kier alpha value is -1.94. The molecule has 158 valence electrons. The Kier molecular flexibility index (Phi) is 8.05. The van der Waals surface area contributed by atoms with Crippen molar-refractivity contribution in [1.29, 1.82) is 0 Å². The molecule has 29 heavy (non-hydrogen) atoms. The molecule has 2 aromatic rings. The van der Waals surface area contributed by atoms with Crippen LogP contribution in [0.25, 0.3) is 0 Å². The normalized spacial score (nSPS) is 16.7. The molecule has 1 aromatic heterocycles. The molecule has 1 aliphatic heterocycles. The fourth-order valence-corrected chi connectivity index (χ4v) is 5.32. The zero-order chi connectivity index (χ0) is 20.5. The van der Waals surface area contributed by atoms with Gasteiger partial charge < -0.3 is 10.6 Å². The molecule has 0 amide bonds. The number of sulfonamides is 1. The van der Waals surface area contributed by atoms with Gasteiger partial charge in [-0.05, 0) is 49.5 Å². The van der Waals surface area contributed by atoms with Crippen LogP contribution in [0.3, 0.4) is 0 Å². The number of aliphatic imine (C=N–C) groups is 1. The molecule has 0 radical (unpaired) electrons. The Bertz CT molecular complexity index is 864. The van der Waals surface area contributed by atoms with Crippen molar-refractivity contribution in [3.8, 4) is 0 Å². The van der Waals surface area contributed by atoms with E-state index in [2.05, 4.69) is 42.8 Å². The molecule has 0 spiro atoms. The molecule has 3 rings (SSSR count). The second-order valence-corrected chi connectivity index (χ2v) is 9.61. The smallest absolute Gasteiger partial charge is 0.240 e. The second kappa shape index (κ2) is 10.7. The van der Waals surface area contributed by atoms with Crippen LogP contribution in [0.2, 0.25) is 0 Å². The molecule has 3 N–H and O–H groups in total. The van der Waals surface area contributed by atoms with Crippen molar-refractivity contribution in [3.63, 3.8) is 0 Å². The molecule has 9 heteroatoms. The molecular formula is C20H29N5O2S2. The van der Waals surface area contributed by atoms with Gasteiger partial charge in [-0.15, -0.1) is 11.3 Å². The van der Waals surface area contributed by atoms with Crippen LogP contribution in [0.15, 0.2) is 57.7 Å². The number of rotatable bonds is 9. The zero-order valence-electron chi connectivity index (χ0n) is 16.7. The molecule has 0 bridgehead atoms. The number of hydrogen-bond donors (Lipinski definition) is 3. The highest BCUT2D eigenvalue weighted by atomic mass is 32.2. The van der Waals surface area contributed by atoms with Gasteiger partial charge >= 0.3 is 0 Å². The highest BCUT2D eigenvalue weighted by Crippen LogP contribution is 2.27. The van der Waals surface area contributed by atoms with E-state index < -0.39 is 10.0 Å². The van der Waals surface area contributed by atoms with Gasteiger partial charge in [-0.25, -0.2) is 13.1 Å². The lowest BCUT2D eigenvalue weighted by Crippen LogP contribution is -2.44. The highest BCUT2D eigenvalue weighted by molar-refractivity contribution is 7.89. The molecule has 1 saturated heterocycles. The fourth-order valence-electron chi connectivity index (χ4n) is 3.41. The first-order valence-electron chi connectivity index (χ1n) is 9.87. The van der Waals surface area contributed by atoms with Crippen molar-refractivity contribution in [2.45, 2.75) is 23.8 Å². The van der Waals surface area contributed by atoms with Gasteiger partial charge in [-0.3, -0.25) is 9.89 Å². The summed E-state index contributed by atoms with van der Waals surface area (Å²) in [5.41, 5.74) is 0. The third-order valence-corrected chi connectivity index (χ3v) is 7.35. The lowest BCUT2D eigenvalue weighted by Gasteiger charge is -2.27. The summed E-state index contributed by atoms with van der Waals surface area (Å²) >= 11 is 1.78. The van der Waals surface area contributed by atoms with Gasteiger partial charge in [0, 0.05) is 31.6 Å². The second-order valence-electron chi connectivity index (χ2n) is 6.87. The standard InChI is InChI=1S/C20H29N5O2S2/c1-21-20(22-11-12-24-29(26,27)17-8-3-2-4-9-17)23-16-18(19-10-7-15-28-19)25-13-5-6-14-25/h2-4,7-10,15,18,24H,5-6,11-14,16H2,1H3,(H2,21,22,23). The van der Waals surface area contributed by atoms with E-state index in [0.29, 0.717) is 18.5 Å². The Labute approximate surface area is 177 Å². The first kappa shape index (κ1) is 21.8. The van der Waals surface area contributed by atoms with Crippen LogP contribution < -0.4 is 15.4 Å². The van der Waals surface area contributed by atoms with Crippen LogP contribution in [0.4, 0.5) is 0 Å². The summed E-state index contributed by atoms with van der Waals surface area (Å²) in [6, 6.07) is 13.0. The summed E-state index contributed by atoms with van der Waals surface area (Å²) in [7, 11) is -1.77. The average Bonchev–Trinajstić information content (AvgIpc) is 3.45. The topological polar surface area (TPSA) is 85.8 Å². The van der Waals surface area contributed by atoms with Gasteiger partial charge in [0.25, 0.3) is 0 Å². The van der Waals surface area contributed by atoms with Gasteiger partial charge in [0.1, 0.15) is 0 Å². The van der Waals surface area contributed by atoms with Crippen LogP contribution >= 0.6 is 11.3 Å². The van der Waals surface area contributed by atoms with Crippen molar-refractivity contribution in [1.82, 2.24) is 20.3 Å². The predicted molar refractivity (Wildman–Crippen MR) is 119 cm³/mol. The molecule has 0 saturated carbocycles. The lowest BCUT2D eigenvalue weighted by molar-refractivity contribution is 0.249. The minimum absolute atomic E-state index is 0.270. The predicted octanol–water partition coefficient (Wildman–Crippen LogP) is 2.03. The Morgan fingerprint density at radius 3 is 2.52 bits per heavy atom. The van der Waals surface area contributed by atoms with Crippen LogP contribution in [0.5, 0.6) is 0 Å². The molecule has 2 heterocycles. The SMILES string of the molecule is CN=C(NCCNS(=O)(=O)c1ccccc1)NCC(c1cccs1)N1CCCC1. The first-order chi connectivity index (χ1) is 14.1. The maximum absolute atomic E-state index is 12.3. The van der Waals surface area contributed by atoms with E-state index in [1.165, 1.54) is 17.7 Å². The van der Waals surface area contributed by atoms with Crippen molar-refractivity contribution >= 4 is 27.3 Å². The van der Waals surface area contributed by atoms with E-state index in [1.54, 1.807) is 48.7 Å². The van der Waals surface area contributed by atoms with Crippen LogP contribution in [0.1, 0.15) is 23.8 Å². The van der Waals surface area contributed by atoms with Gasteiger partial charge in [-0.1, -0.05) is 24.3 Å². The van der Waals surface area contributed by atoms with E-state index in [0.717, 1.165) is 19.6 Å². The van der Waals surface area contributed by atoms with E-state index >= 15 is 0 Å². The van der Waals surface area contributed by atoms with Crippen molar-refractivity contribution < 1.29 is 8.42 Å². The van der Waals surface area contributed by atoms with E-state index in [4.69, 9.17) is 0 Å². The molecular weight excluding hydrogens is 406 g/mol. The van der Waals surface area contributed by atoms with Crippen molar-refractivity contribution in [3.05, 3.63) is 52.7 Å². The van der Waals surface area contributed by atoms with Crippen molar-refractivity contribution in [2.75, 3.05) is 39.8 Å². The molecule has 1 aromatic carbocycles. The van der Waals surface area contributed by atoms with Crippen LogP contribution in [-0.2, 0) is 10.0 Å². The molecule has 1 fully saturated rings. The van der Waals surface area contributed by atoms with Gasteiger partial charge in [0.05, 0.1) is 10.9 Å². The molecule has 1 atom stereocenters. The van der Waals surface area contributed by atoms with Gasteiger partial charge in [0.15, 0.2) is 5.96 Å². The Morgan fingerprint density at radius 1 is 1.10 bits per heavy atom. The zero-order valence-corrected chi connectivity index (χ0v) is 18.3. The number of thiophene rings is 1. The molecule has 1 aliphatic rings. The number of nitrogens with zero attached hydrogens (tertiary/aromatic N) is 2. The quantitative estimate of drug-likeness (QED) is 0.319. The molecule has 1 unspecified atom stereocenters. The number of benzene rings is 1. The maximum Gasteiger partial charge on any atom is 0.240 e. The van der Waals surface area contributed by atoms with Gasteiger partial charge in [-0.2, -0.15) is 0 Å². The summed E-state index contributed by atoms with van der Waals surface area (Å²) in [5, 5.41) is 8.69. The highest BCUT2D eigenvalue weighted by Gasteiger charge is 2.24. The van der Waals surface area contributed by atoms with Crippen LogP contribution in [0, 0.1) is 0 Å². The summed E-state index contributed by atoms with van der Waals surface area (Å²) in [5.74, 6) is 0.671. The third-order valence-electron chi connectivity index (χ3n) is 4.90. The molecule has 7 nitrogen and oxygen atoms in total. The lowest BCUT2D eigenvalue weighted by atomic mass is 10.2. The summed E-state index contributed by atoms with van der Waals surface area (Å²) in [4.78, 5) is 8.40. The monoisotopic (exact) mass is 435 g/mol. The van der Waals surface area contributed by atoms with E-state index in [1.807, 2.05) is 0 Å². The number of likely N-dealkylation sites (tertiary alicyclic amines) is 1. The number of guanidine groups is 1. The summed E-state index contributed by atoms with van der Waals surface area (Å²) in [6.07, 6.45) is 2.49. The Balaban J connectivity index is 1.46. The Morgan fingerprint density at radius 2 is 1.86 bits per heavy atom. The van der Waals surface area contributed by atoms with Gasteiger partial charge in [0.2, 0.25) is 10.0 Å². The van der Waals surface area contributed by atoms with E-state index in [9.17, 15) is 8.42 Å². The van der Waals surface area contributed by atoms with E-state index in [-0.39, 0.29) is 11.4 Å². The minimum atomic E-state index is -3.49. The first-order valence-corrected chi connectivity index (χ1v) is 12.2. The van der Waals surface area contributed by atoms with Crippen molar-refractivity contribution in [2.24, 2.45) is 4.99 Å². The fraction of sp³-hybridized carbons (Fsp3) is 0.450. The number of hydrogen-bond acceptors (Lipinski definition) is 5. The summed E-state index contributed by atoms with van der Waals surface area (Å²) in [6.45, 7) is 3.72. The third kappa shape index (κ3) is 6.27. The average molecular weight is 436 g/mol. The number of nitrogens with one attached hydrogen (secondary N) is 3.